The second-order valence-corrected chi connectivity index (χ2v) is 25.6. The molecule has 0 rings (SSSR count). The van der Waals surface area contributed by atoms with E-state index in [-0.39, 0.29) is 0 Å². The fourth-order valence-corrected chi connectivity index (χ4v) is 9.63. The fraction of sp³-hybridized carbons (Fsp3) is 1.00. The van der Waals surface area contributed by atoms with E-state index in [9.17, 15) is 0 Å². The van der Waals surface area contributed by atoms with Gasteiger partial charge in [0.2, 0.25) is 0 Å². The zero-order chi connectivity index (χ0) is 10.2. The molecule has 0 aromatic carbocycles. The van der Waals surface area contributed by atoms with Gasteiger partial charge in [-0.1, -0.05) is 0 Å². The molecule has 0 N–H and O–H groups in total. The Morgan fingerprint density at radius 2 is 1.15 bits per heavy atom. The zero-order valence-electron chi connectivity index (χ0n) is 9.11. The van der Waals surface area contributed by atoms with E-state index in [0.717, 1.165) is 0 Å². The molecule has 13 heavy (non-hydrogen) atoms. The van der Waals surface area contributed by atoms with E-state index in [0.29, 0.717) is 0 Å². The molecule has 0 aromatic rings. The third kappa shape index (κ3) is 9.89. The Balaban J connectivity index is 3.42. The molecule has 3 heteroatoms. The third-order valence-electron chi connectivity index (χ3n) is 1.98. The van der Waals surface area contributed by atoms with Crippen molar-refractivity contribution in [3.8, 4) is 0 Å². The van der Waals surface area contributed by atoms with Crippen LogP contribution in [0.4, 0.5) is 0 Å². The number of hydrogen-bond acceptors (Lipinski definition) is 0. The van der Waals surface area contributed by atoms with E-state index in [1.807, 2.05) is 0 Å². The fourth-order valence-electron chi connectivity index (χ4n) is 1.12. The molecule has 0 heterocycles. The Hall–Kier alpha value is 1.60. The summed E-state index contributed by atoms with van der Waals surface area (Å²) in [5.41, 5.74) is 0. The summed E-state index contributed by atoms with van der Waals surface area (Å²) in [4.78, 5) is 0. The van der Waals surface area contributed by atoms with Crippen LogP contribution >= 0.6 is 14.3 Å². The molecule has 0 aliphatic carbocycles. The van der Waals surface area contributed by atoms with E-state index in [1.165, 1.54) is 47.8 Å². The van der Waals surface area contributed by atoms with Crippen LogP contribution in [0.3, 0.4) is 0 Å². The van der Waals surface area contributed by atoms with Crippen LogP contribution in [0, 0.1) is 0 Å². The molecule has 0 aliphatic rings. The summed E-state index contributed by atoms with van der Waals surface area (Å²) < 4.78 is 3.04. The first-order chi connectivity index (χ1) is 6.12. The molecule has 87 valence electrons. The molecule has 0 nitrogen and oxygen atoms in total. The predicted molar refractivity (Wildman–Crippen MR) is 68.1 cm³/mol. The Bertz CT molecular complexity index is 103. The van der Waals surface area contributed by atoms with Gasteiger partial charge in [-0.15, -0.1) is 0 Å². The molecule has 2 unspecified atom stereocenters. The molecule has 0 saturated heterocycles. The van der Waals surface area contributed by atoms with Crippen LogP contribution < -0.4 is 0 Å². The van der Waals surface area contributed by atoms with E-state index >= 15 is 0 Å². The van der Waals surface area contributed by atoms with Crippen molar-refractivity contribution < 1.29 is 16.1 Å². The summed E-state index contributed by atoms with van der Waals surface area (Å²) in [6.07, 6.45) is 8.51. The quantitative estimate of drug-likeness (QED) is 0.305. The van der Waals surface area contributed by atoms with E-state index in [2.05, 4.69) is 28.1 Å². The average molecular weight is 405 g/mol. The van der Waals surface area contributed by atoms with Gasteiger partial charge in [0.25, 0.3) is 0 Å². The molecule has 0 saturated carbocycles. The van der Waals surface area contributed by atoms with Crippen molar-refractivity contribution in [1.82, 2.24) is 0 Å². The van der Waals surface area contributed by atoms with Gasteiger partial charge in [0.05, 0.1) is 0 Å². The van der Waals surface area contributed by atoms with Gasteiger partial charge >= 0.3 is 92.0 Å². The van der Waals surface area contributed by atoms with Crippen molar-refractivity contribution in [3.63, 3.8) is 0 Å². The maximum atomic E-state index is 3.19. The summed E-state index contributed by atoms with van der Waals surface area (Å²) in [5.74, 6) is 0. The van der Waals surface area contributed by atoms with Gasteiger partial charge in [-0.25, -0.2) is 0 Å². The van der Waals surface area contributed by atoms with Crippen LogP contribution in [0.2, 0.25) is 9.28 Å². The summed E-state index contributed by atoms with van der Waals surface area (Å²) in [6.45, 7) is 4.58. The van der Waals surface area contributed by atoms with Crippen LogP contribution in [0.15, 0.2) is 0 Å². The van der Waals surface area contributed by atoms with E-state index in [4.69, 9.17) is 0 Å². The zero-order valence-corrected chi connectivity index (χ0v) is 13.6. The minimum absolute atomic E-state index is 1.29. The second-order valence-electron chi connectivity index (χ2n) is 3.46. The molecule has 0 aromatic heterocycles. The Labute approximate surface area is 91.8 Å². The van der Waals surface area contributed by atoms with Gasteiger partial charge in [0.15, 0.2) is 0 Å². The Morgan fingerprint density at radius 3 is 1.46 bits per heavy atom. The van der Waals surface area contributed by atoms with Crippen molar-refractivity contribution in [3.05, 3.63) is 0 Å². The first kappa shape index (κ1) is 14.6. The molecule has 0 spiro atoms. The number of unbranched alkanes of at least 4 members (excludes halogenated alkanes) is 4. The van der Waals surface area contributed by atoms with Crippen molar-refractivity contribution >= 4 is 14.3 Å². The van der Waals surface area contributed by atoms with Crippen LogP contribution in [-0.4, -0.2) is 0 Å². The summed E-state index contributed by atoms with van der Waals surface area (Å²) >= 11 is -1.29. The van der Waals surface area contributed by atoms with Crippen LogP contribution in [0.1, 0.15) is 52.4 Å². The first-order valence-corrected chi connectivity index (χ1v) is 16.5. The molecule has 0 amide bonds. The van der Waals surface area contributed by atoms with Crippen LogP contribution in [-0.2, 0) is 16.1 Å². The molecular weight excluding hydrogens is 379 g/mol. The van der Waals surface area contributed by atoms with E-state index < -0.39 is 16.1 Å². The van der Waals surface area contributed by atoms with E-state index in [1.54, 1.807) is 0 Å². The van der Waals surface area contributed by atoms with Crippen molar-refractivity contribution in [2.24, 2.45) is 0 Å². The average Bonchev–Trinajstić information content (AvgIpc) is 2.05. The van der Waals surface area contributed by atoms with Gasteiger partial charge in [-0.2, -0.15) is 0 Å². The Morgan fingerprint density at radius 1 is 0.769 bits per heavy atom. The Kier molecular flexibility index (Phi) is 9.96. The molecule has 0 radical (unpaired) electrons. The van der Waals surface area contributed by atoms with Gasteiger partial charge < -0.3 is 0 Å². The van der Waals surface area contributed by atoms with Gasteiger partial charge in [0.1, 0.15) is 0 Å². The molecule has 0 bridgehead atoms. The van der Waals surface area contributed by atoms with Crippen molar-refractivity contribution in [2.45, 2.75) is 61.6 Å². The second kappa shape index (κ2) is 8.87. The SMILES string of the molecule is CCCC[CH2][Au]([PH2])([PH2])[CH2]CCCC. The first-order valence-electron chi connectivity index (χ1n) is 5.19. The van der Waals surface area contributed by atoms with Gasteiger partial charge in [-0.3, -0.25) is 0 Å². The van der Waals surface area contributed by atoms with Crippen molar-refractivity contribution in [2.75, 3.05) is 0 Å². The van der Waals surface area contributed by atoms with Gasteiger partial charge in [-0.05, 0) is 0 Å². The number of rotatable bonds is 8. The molecular formula is C10H26AuP2. The standard InChI is InChI=1S/2C5H11.Au.2H2P/c2*1-3-5-4-2;;;/h2*1,3-5H2,2H3;;2*1H2/q;;+2;2*-1. The van der Waals surface area contributed by atoms with Crippen LogP contribution in [0.25, 0.3) is 0 Å². The topological polar surface area (TPSA) is 0 Å². The third-order valence-corrected chi connectivity index (χ3v) is 13.2. The normalized spacial score (nSPS) is 13.2. The molecule has 2 atom stereocenters. The summed E-state index contributed by atoms with van der Waals surface area (Å²) in [5, 5.41) is 0. The number of hydrogen-bond donors (Lipinski definition) is 0. The molecule has 0 aliphatic heterocycles. The van der Waals surface area contributed by atoms with Crippen LogP contribution in [0.5, 0.6) is 0 Å². The predicted octanol–water partition coefficient (Wildman–Crippen LogP) is 4.94. The monoisotopic (exact) mass is 405 g/mol. The van der Waals surface area contributed by atoms with Crippen molar-refractivity contribution in [1.29, 1.82) is 0 Å². The summed E-state index contributed by atoms with van der Waals surface area (Å²) in [7, 11) is 6.39. The van der Waals surface area contributed by atoms with Gasteiger partial charge in [0, 0.05) is 0 Å². The molecule has 0 fully saturated rings. The minimum atomic E-state index is -1.29. The summed E-state index contributed by atoms with van der Waals surface area (Å²) in [6, 6.07) is 0. The maximum absolute atomic E-state index is 3.19.